The number of halogens is 2. The van der Waals surface area contributed by atoms with E-state index in [0.29, 0.717) is 40.7 Å². The first-order valence-electron chi connectivity index (χ1n) is 12.7. The molecule has 194 valence electrons. The smallest absolute Gasteiger partial charge is 0.240 e. The molecular formula is C31H28Cl2N2O3. The minimum Gasteiger partial charge on any atom is -0.387 e. The molecule has 4 aromatic rings. The van der Waals surface area contributed by atoms with Gasteiger partial charge in [-0.15, -0.1) is 0 Å². The number of amides is 1. The predicted octanol–water partition coefficient (Wildman–Crippen LogP) is 6.85. The van der Waals surface area contributed by atoms with Crippen LogP contribution in [0, 0.1) is 5.92 Å². The minimum absolute atomic E-state index is 0.320. The summed E-state index contributed by atoms with van der Waals surface area (Å²) in [6.45, 7) is 2.38. The van der Waals surface area contributed by atoms with Crippen LogP contribution in [-0.4, -0.2) is 29.4 Å². The van der Waals surface area contributed by atoms with Crippen LogP contribution in [0.5, 0.6) is 0 Å². The Labute approximate surface area is 232 Å². The van der Waals surface area contributed by atoms with Crippen LogP contribution in [0.1, 0.15) is 30.6 Å². The number of nitrogens with one attached hydrogen (secondary N) is 1. The van der Waals surface area contributed by atoms with Gasteiger partial charge in [-0.25, -0.2) is 0 Å². The minimum atomic E-state index is -1.28. The van der Waals surface area contributed by atoms with Gasteiger partial charge in [0.15, 0.2) is 5.78 Å². The monoisotopic (exact) mass is 546 g/mol. The summed E-state index contributed by atoms with van der Waals surface area (Å²) < 4.78 is 0. The first-order valence-corrected chi connectivity index (χ1v) is 13.4. The predicted molar refractivity (Wildman–Crippen MR) is 154 cm³/mol. The van der Waals surface area contributed by atoms with Crippen LogP contribution in [0.4, 0.5) is 11.4 Å². The lowest BCUT2D eigenvalue weighted by Gasteiger charge is -2.38. The van der Waals surface area contributed by atoms with Gasteiger partial charge in [-0.3, -0.25) is 9.59 Å². The molecule has 0 saturated heterocycles. The molecule has 7 heteroatoms. The molecule has 0 spiro atoms. The van der Waals surface area contributed by atoms with Gasteiger partial charge in [0.05, 0.1) is 17.8 Å². The number of carbonyl (C=O) groups is 2. The molecule has 3 atom stereocenters. The van der Waals surface area contributed by atoms with E-state index in [9.17, 15) is 14.7 Å². The van der Waals surface area contributed by atoms with E-state index in [1.807, 2.05) is 61.5 Å². The molecule has 2 N–H and O–H groups in total. The molecule has 1 aliphatic rings. The summed E-state index contributed by atoms with van der Waals surface area (Å²) in [5.41, 5.74) is 2.72. The van der Waals surface area contributed by atoms with Crippen molar-refractivity contribution in [2.24, 2.45) is 5.92 Å². The van der Waals surface area contributed by atoms with Crippen molar-refractivity contribution in [3.63, 3.8) is 0 Å². The molecule has 1 aliphatic heterocycles. The molecule has 3 unspecified atom stereocenters. The van der Waals surface area contributed by atoms with Crippen LogP contribution in [-0.2, 0) is 16.0 Å². The number of hydrogen-bond donors (Lipinski definition) is 2. The number of anilines is 2. The molecule has 0 aromatic heterocycles. The van der Waals surface area contributed by atoms with Crippen molar-refractivity contribution in [2.75, 3.05) is 16.8 Å². The zero-order valence-electron chi connectivity index (χ0n) is 20.9. The van der Waals surface area contributed by atoms with Gasteiger partial charge in [0.25, 0.3) is 0 Å². The summed E-state index contributed by atoms with van der Waals surface area (Å²) in [6.07, 6.45) is -0.264. The van der Waals surface area contributed by atoms with E-state index in [2.05, 4.69) is 5.32 Å². The van der Waals surface area contributed by atoms with Gasteiger partial charge < -0.3 is 15.3 Å². The number of carbonyl (C=O) groups excluding carboxylic acids is 2. The van der Waals surface area contributed by atoms with Gasteiger partial charge in [0.1, 0.15) is 5.92 Å². The maximum atomic E-state index is 14.2. The molecular weight excluding hydrogens is 519 g/mol. The van der Waals surface area contributed by atoms with E-state index >= 15 is 0 Å². The van der Waals surface area contributed by atoms with Crippen molar-refractivity contribution in [1.82, 2.24) is 0 Å². The van der Waals surface area contributed by atoms with E-state index in [1.54, 1.807) is 35.2 Å². The highest BCUT2D eigenvalue weighted by Crippen LogP contribution is 2.40. The Morgan fingerprint density at radius 1 is 0.947 bits per heavy atom. The number of rotatable bonds is 8. The molecule has 5 nitrogen and oxygen atoms in total. The van der Waals surface area contributed by atoms with Crippen LogP contribution in [0.2, 0.25) is 10.0 Å². The molecule has 4 aromatic carbocycles. The van der Waals surface area contributed by atoms with Crippen molar-refractivity contribution in [1.29, 1.82) is 0 Å². The lowest BCUT2D eigenvalue weighted by atomic mass is 9.82. The van der Waals surface area contributed by atoms with Crippen LogP contribution in [0.15, 0.2) is 84.9 Å². The lowest BCUT2D eigenvalue weighted by molar-refractivity contribution is -0.138. The molecule has 0 radical (unpaired) electrons. The summed E-state index contributed by atoms with van der Waals surface area (Å²) in [5, 5.41) is 17.9. The standard InChI is InChI=1S/C31H28Cl2N2O3/c1-2-15-35-27-18-23(33)12-14-25(27)29(36)28(31(35)38)30(37)26(16-19-7-10-22(32)11-8-19)34-24-13-9-20-5-3-4-6-21(20)17-24/h3-14,17-18,26,28-29,34,36H,2,15-16H2,1H3. The number of ketones is 1. The Hall–Kier alpha value is -3.38. The van der Waals surface area contributed by atoms with E-state index < -0.39 is 24.0 Å². The highest BCUT2D eigenvalue weighted by molar-refractivity contribution is 6.31. The number of aliphatic hydroxyl groups is 1. The molecule has 0 saturated carbocycles. The summed E-state index contributed by atoms with van der Waals surface area (Å²) >= 11 is 12.3. The second-order valence-electron chi connectivity index (χ2n) is 9.61. The normalized spacial score (nSPS) is 17.8. The Balaban J connectivity index is 1.52. The van der Waals surface area contributed by atoms with Crippen LogP contribution in [0.3, 0.4) is 0 Å². The number of Topliss-reactive ketones (excluding diaryl/α,β-unsaturated/α-hetero) is 1. The number of nitrogens with zero attached hydrogens (tertiary/aromatic N) is 1. The Kier molecular flexibility index (Phi) is 7.70. The van der Waals surface area contributed by atoms with E-state index in [1.165, 1.54) is 0 Å². The molecule has 1 amide bonds. The second kappa shape index (κ2) is 11.2. The molecule has 0 bridgehead atoms. The number of hydrogen-bond acceptors (Lipinski definition) is 4. The highest BCUT2D eigenvalue weighted by atomic mass is 35.5. The Morgan fingerprint density at radius 3 is 2.39 bits per heavy atom. The van der Waals surface area contributed by atoms with E-state index in [4.69, 9.17) is 23.2 Å². The number of aliphatic hydroxyl groups excluding tert-OH is 1. The van der Waals surface area contributed by atoms with Crippen molar-refractivity contribution < 1.29 is 14.7 Å². The maximum absolute atomic E-state index is 14.2. The molecule has 0 fully saturated rings. The van der Waals surface area contributed by atoms with Gasteiger partial charge in [0.2, 0.25) is 5.91 Å². The summed E-state index contributed by atoms with van der Waals surface area (Å²) in [7, 11) is 0. The lowest BCUT2D eigenvalue weighted by Crippen LogP contribution is -2.51. The highest BCUT2D eigenvalue weighted by Gasteiger charge is 2.45. The van der Waals surface area contributed by atoms with Gasteiger partial charge >= 0.3 is 0 Å². The summed E-state index contributed by atoms with van der Waals surface area (Å²) in [4.78, 5) is 29.5. The summed E-state index contributed by atoms with van der Waals surface area (Å²) in [5.74, 6) is -2.03. The van der Waals surface area contributed by atoms with Gasteiger partial charge in [-0.2, -0.15) is 0 Å². The Bertz CT molecular complexity index is 1490. The fourth-order valence-corrected chi connectivity index (χ4v) is 5.40. The van der Waals surface area contributed by atoms with Crippen LogP contribution >= 0.6 is 23.2 Å². The second-order valence-corrected chi connectivity index (χ2v) is 10.5. The Morgan fingerprint density at radius 2 is 1.66 bits per heavy atom. The first kappa shape index (κ1) is 26.2. The first-order chi connectivity index (χ1) is 18.4. The van der Waals surface area contributed by atoms with Crippen LogP contribution < -0.4 is 10.2 Å². The zero-order valence-corrected chi connectivity index (χ0v) is 22.4. The summed E-state index contributed by atoms with van der Waals surface area (Å²) in [6, 6.07) is 25.4. The number of fused-ring (bicyclic) bond motifs is 2. The molecule has 5 rings (SSSR count). The zero-order chi connectivity index (χ0) is 26.8. The van der Waals surface area contributed by atoms with Gasteiger partial charge in [-0.1, -0.05) is 78.7 Å². The van der Waals surface area contributed by atoms with E-state index in [0.717, 1.165) is 22.0 Å². The quantitative estimate of drug-likeness (QED) is 0.237. The van der Waals surface area contributed by atoms with Crippen molar-refractivity contribution in [3.8, 4) is 0 Å². The van der Waals surface area contributed by atoms with Crippen molar-refractivity contribution in [2.45, 2.75) is 31.9 Å². The SMILES string of the molecule is CCCN1C(=O)C(C(=O)C(Cc2ccc(Cl)cc2)Nc2ccc3ccccc3c2)C(O)c2ccc(Cl)cc21. The van der Waals surface area contributed by atoms with Gasteiger partial charge in [0, 0.05) is 27.8 Å². The van der Waals surface area contributed by atoms with Gasteiger partial charge in [-0.05, 0) is 65.6 Å². The van der Waals surface area contributed by atoms with Crippen LogP contribution in [0.25, 0.3) is 10.8 Å². The van der Waals surface area contributed by atoms with Crippen molar-refractivity contribution in [3.05, 3.63) is 106 Å². The largest absolute Gasteiger partial charge is 0.387 e. The molecule has 0 aliphatic carbocycles. The third kappa shape index (κ3) is 5.28. The number of benzene rings is 4. The topological polar surface area (TPSA) is 69.6 Å². The fourth-order valence-electron chi connectivity index (χ4n) is 5.11. The fraction of sp³-hybridized carbons (Fsp3) is 0.226. The third-order valence-electron chi connectivity index (χ3n) is 6.99. The average molecular weight is 547 g/mol. The maximum Gasteiger partial charge on any atom is 0.240 e. The molecule has 38 heavy (non-hydrogen) atoms. The van der Waals surface area contributed by atoms with E-state index in [-0.39, 0.29) is 5.78 Å². The average Bonchev–Trinajstić information content (AvgIpc) is 2.91. The molecule has 1 heterocycles. The third-order valence-corrected chi connectivity index (χ3v) is 7.48. The van der Waals surface area contributed by atoms with Crippen molar-refractivity contribution >= 4 is 57.0 Å².